The predicted octanol–water partition coefficient (Wildman–Crippen LogP) is 5.69. The Bertz CT molecular complexity index is 1490. The second-order valence-corrected chi connectivity index (χ2v) is 13.7. The number of hydrogen-bond donors (Lipinski definition) is 0. The number of fused-ring (bicyclic) bond motifs is 3. The molecule has 3 aliphatic rings. The summed E-state index contributed by atoms with van der Waals surface area (Å²) in [5.74, 6) is -3.98. The van der Waals surface area contributed by atoms with Gasteiger partial charge in [0.2, 0.25) is 0 Å². The van der Waals surface area contributed by atoms with Crippen molar-refractivity contribution in [2.75, 3.05) is 0 Å². The minimum absolute atomic E-state index is 0.301. The molecule has 254 valence electrons. The summed E-state index contributed by atoms with van der Waals surface area (Å²) in [6.07, 6.45) is -0.472. The van der Waals surface area contributed by atoms with Gasteiger partial charge in [0.05, 0.1) is 0 Å². The number of esters is 5. The predicted molar refractivity (Wildman–Crippen MR) is 172 cm³/mol. The highest BCUT2D eigenvalue weighted by Crippen LogP contribution is 2.61. The average Bonchev–Trinajstić information content (AvgIpc) is 2.96. The summed E-state index contributed by atoms with van der Waals surface area (Å²) in [4.78, 5) is 63.7. The molecule has 47 heavy (non-hydrogen) atoms. The van der Waals surface area contributed by atoms with E-state index in [1.165, 1.54) is 33.8 Å². The summed E-state index contributed by atoms with van der Waals surface area (Å²) in [5, 5.41) is 0. The standard InChI is InChI=1S/C37H46O10/c1-20-28(47-30(42)16-15-26-13-11-10-12-14-26)17-18-37(9)32(20)33(44-23(4)39)27-19-29(43-22(3)38)21(2)31(36(27,7)8)34(45-24(5)40)35(37)46-25(6)41/h10-16,27-29,32-35H,1,17-19H2,2-9H3/b16-15+/t27-,28+,29+,32+,33-,34-,35+,37-/m1/s1. The highest BCUT2D eigenvalue weighted by Gasteiger charge is 2.64. The lowest BCUT2D eigenvalue weighted by molar-refractivity contribution is -0.204. The lowest BCUT2D eigenvalue weighted by Crippen LogP contribution is -2.64. The van der Waals surface area contributed by atoms with Crippen LogP contribution >= 0.6 is 0 Å². The zero-order valence-corrected chi connectivity index (χ0v) is 28.5. The molecule has 4 rings (SSSR count). The number of hydrogen-bond acceptors (Lipinski definition) is 10. The molecular weight excluding hydrogens is 604 g/mol. The largest absolute Gasteiger partial charge is 0.462 e. The van der Waals surface area contributed by atoms with Gasteiger partial charge in [-0.3, -0.25) is 19.2 Å². The van der Waals surface area contributed by atoms with Gasteiger partial charge in [-0.1, -0.05) is 57.7 Å². The average molecular weight is 651 g/mol. The molecule has 3 aliphatic carbocycles. The van der Waals surface area contributed by atoms with Crippen LogP contribution in [0, 0.1) is 22.7 Å². The molecule has 0 spiro atoms. The molecule has 1 aromatic rings. The van der Waals surface area contributed by atoms with Crippen molar-refractivity contribution in [1.82, 2.24) is 0 Å². The lowest BCUT2D eigenvalue weighted by Gasteiger charge is -2.60. The van der Waals surface area contributed by atoms with Crippen LogP contribution in [0.4, 0.5) is 0 Å². The molecule has 0 aliphatic heterocycles. The van der Waals surface area contributed by atoms with E-state index in [0.29, 0.717) is 36.0 Å². The second kappa shape index (κ2) is 13.9. The van der Waals surface area contributed by atoms with Crippen LogP contribution in [0.5, 0.6) is 0 Å². The van der Waals surface area contributed by atoms with Gasteiger partial charge < -0.3 is 23.7 Å². The Balaban J connectivity index is 1.90. The van der Waals surface area contributed by atoms with Crippen molar-refractivity contribution >= 4 is 35.9 Å². The van der Waals surface area contributed by atoms with Crippen LogP contribution in [-0.4, -0.2) is 60.4 Å². The quantitative estimate of drug-likeness (QED) is 0.157. The van der Waals surface area contributed by atoms with Crippen LogP contribution in [0.15, 0.2) is 59.7 Å². The number of carbonyl (C=O) groups is 5. The summed E-state index contributed by atoms with van der Waals surface area (Å²) in [7, 11) is 0. The maximum absolute atomic E-state index is 13.1. The molecular formula is C37H46O10. The van der Waals surface area contributed by atoms with Crippen molar-refractivity contribution in [2.45, 2.75) is 105 Å². The van der Waals surface area contributed by atoms with Gasteiger partial charge in [-0.15, -0.1) is 0 Å². The minimum atomic E-state index is -1.06. The van der Waals surface area contributed by atoms with Crippen LogP contribution in [0.1, 0.15) is 80.2 Å². The molecule has 0 N–H and O–H groups in total. The highest BCUT2D eigenvalue weighted by atomic mass is 16.6. The van der Waals surface area contributed by atoms with Crippen molar-refractivity contribution in [3.05, 3.63) is 65.3 Å². The molecule has 0 aromatic heterocycles. The third-order valence-corrected chi connectivity index (χ3v) is 10.1. The fraction of sp³-hybridized carbons (Fsp3) is 0.541. The summed E-state index contributed by atoms with van der Waals surface area (Å²) in [6, 6.07) is 9.33. The molecule has 8 atom stereocenters. The fourth-order valence-electron chi connectivity index (χ4n) is 8.16. The van der Waals surface area contributed by atoms with Crippen LogP contribution < -0.4 is 0 Å². The van der Waals surface area contributed by atoms with E-state index in [1.807, 2.05) is 58.0 Å². The van der Waals surface area contributed by atoms with Gasteiger partial charge in [0.1, 0.15) is 24.4 Å². The number of benzene rings is 1. The van der Waals surface area contributed by atoms with Gasteiger partial charge in [0.15, 0.2) is 6.10 Å². The van der Waals surface area contributed by atoms with Crippen molar-refractivity contribution < 1.29 is 47.7 Å². The second-order valence-electron chi connectivity index (χ2n) is 13.7. The van der Waals surface area contributed by atoms with E-state index in [-0.39, 0.29) is 0 Å². The topological polar surface area (TPSA) is 132 Å². The Morgan fingerprint density at radius 2 is 1.40 bits per heavy atom. The van der Waals surface area contributed by atoms with E-state index in [1.54, 1.807) is 6.08 Å². The van der Waals surface area contributed by atoms with E-state index in [0.717, 1.165) is 5.56 Å². The minimum Gasteiger partial charge on any atom is -0.462 e. The normalized spacial score (nSPS) is 31.5. The van der Waals surface area contributed by atoms with Crippen molar-refractivity contribution in [2.24, 2.45) is 22.7 Å². The maximum Gasteiger partial charge on any atom is 0.331 e. The Hall–Kier alpha value is -4.21. The number of carbonyl (C=O) groups excluding carboxylic acids is 5. The van der Waals surface area contributed by atoms with E-state index in [2.05, 4.69) is 6.58 Å². The molecule has 10 heteroatoms. The Kier molecular flexibility index (Phi) is 10.5. The van der Waals surface area contributed by atoms with E-state index < -0.39 is 83.0 Å². The maximum atomic E-state index is 13.1. The third-order valence-electron chi connectivity index (χ3n) is 10.1. The first kappa shape index (κ1) is 35.6. The van der Waals surface area contributed by atoms with Crippen LogP contribution in [0.2, 0.25) is 0 Å². The lowest BCUT2D eigenvalue weighted by atomic mass is 9.49. The fourth-order valence-corrected chi connectivity index (χ4v) is 8.16. The van der Waals surface area contributed by atoms with Gasteiger partial charge >= 0.3 is 29.8 Å². The van der Waals surface area contributed by atoms with Gasteiger partial charge in [-0.25, -0.2) is 4.79 Å². The molecule has 0 saturated heterocycles. The number of ether oxygens (including phenoxy) is 5. The molecule has 0 unspecified atom stereocenters. The Morgan fingerprint density at radius 1 is 0.809 bits per heavy atom. The highest BCUT2D eigenvalue weighted by molar-refractivity contribution is 5.87. The Morgan fingerprint density at radius 3 is 1.98 bits per heavy atom. The summed E-state index contributed by atoms with van der Waals surface area (Å²) in [5.41, 5.74) is 0.822. The summed E-state index contributed by atoms with van der Waals surface area (Å²) in [6.45, 7) is 17.3. The first-order valence-electron chi connectivity index (χ1n) is 16.0. The molecule has 1 aromatic carbocycles. The smallest absolute Gasteiger partial charge is 0.331 e. The van der Waals surface area contributed by atoms with E-state index >= 15 is 0 Å². The zero-order chi connectivity index (χ0) is 34.8. The first-order chi connectivity index (χ1) is 22.0. The van der Waals surface area contributed by atoms with Crippen LogP contribution in [-0.2, 0) is 47.7 Å². The van der Waals surface area contributed by atoms with Crippen LogP contribution in [0.25, 0.3) is 6.08 Å². The van der Waals surface area contributed by atoms with Crippen molar-refractivity contribution in [3.63, 3.8) is 0 Å². The molecule has 0 radical (unpaired) electrons. The van der Waals surface area contributed by atoms with Crippen LogP contribution in [0.3, 0.4) is 0 Å². The third kappa shape index (κ3) is 7.36. The van der Waals surface area contributed by atoms with E-state index in [9.17, 15) is 24.0 Å². The molecule has 2 bridgehead atoms. The molecule has 2 saturated carbocycles. The van der Waals surface area contributed by atoms with Gasteiger partial charge in [0, 0.05) is 51.0 Å². The summed E-state index contributed by atoms with van der Waals surface area (Å²) >= 11 is 0. The van der Waals surface area contributed by atoms with Crippen molar-refractivity contribution in [3.8, 4) is 0 Å². The molecule has 10 nitrogen and oxygen atoms in total. The molecule has 0 heterocycles. The van der Waals surface area contributed by atoms with Crippen molar-refractivity contribution in [1.29, 1.82) is 0 Å². The van der Waals surface area contributed by atoms with Gasteiger partial charge in [0.25, 0.3) is 0 Å². The van der Waals surface area contributed by atoms with Gasteiger partial charge in [-0.2, -0.15) is 0 Å². The SMILES string of the molecule is C=C1[C@@H](OC(=O)/C=C/c2ccccc2)CC[C@@]2(C)[C@@H](OC(C)=O)[C@H](OC(C)=O)C3=C(C)[C@@H](OC(C)=O)C[C@H]([C@@H](OC(C)=O)[C@H]12)C3(C)C. The zero-order valence-electron chi connectivity index (χ0n) is 28.5. The Labute approximate surface area is 276 Å². The molecule has 0 amide bonds. The van der Waals surface area contributed by atoms with E-state index in [4.69, 9.17) is 23.7 Å². The molecule has 2 fully saturated rings. The first-order valence-corrected chi connectivity index (χ1v) is 16.0. The number of rotatable bonds is 7. The summed E-state index contributed by atoms with van der Waals surface area (Å²) < 4.78 is 30.1. The van der Waals surface area contributed by atoms with Gasteiger partial charge in [-0.05, 0) is 60.0 Å². The monoisotopic (exact) mass is 650 g/mol.